The number of carboxylic acid groups (broad SMARTS) is 1. The van der Waals surface area contributed by atoms with Gasteiger partial charge >= 0.3 is 12.0 Å². The molecule has 2 rings (SSSR count). The van der Waals surface area contributed by atoms with E-state index in [-0.39, 0.29) is 31.1 Å². The van der Waals surface area contributed by atoms with Crippen molar-refractivity contribution in [2.45, 2.75) is 44.7 Å². The van der Waals surface area contributed by atoms with Gasteiger partial charge in [-0.15, -0.1) is 0 Å². The molecule has 1 aromatic carbocycles. The quantitative estimate of drug-likeness (QED) is 0.844. The molecular weight excluding hydrogens is 306 g/mol. The molecule has 0 unspecified atom stereocenters. The fourth-order valence-electron chi connectivity index (χ4n) is 2.79. The Balaban J connectivity index is 2.07. The Kier molecular flexibility index (Phi) is 5.90. The summed E-state index contributed by atoms with van der Waals surface area (Å²) in [5.74, 6) is -2.35. The highest BCUT2D eigenvalue weighted by atomic mass is 19.1. The minimum absolute atomic E-state index is 0.00992. The van der Waals surface area contributed by atoms with Gasteiger partial charge in [0.15, 0.2) is 0 Å². The van der Waals surface area contributed by atoms with E-state index in [0.29, 0.717) is 0 Å². The van der Waals surface area contributed by atoms with Crippen molar-refractivity contribution in [3.63, 3.8) is 0 Å². The summed E-state index contributed by atoms with van der Waals surface area (Å²) < 4.78 is 26.8. The second-order valence-electron chi connectivity index (χ2n) is 5.68. The van der Waals surface area contributed by atoms with Crippen molar-refractivity contribution >= 4 is 12.0 Å². The van der Waals surface area contributed by atoms with Gasteiger partial charge in [-0.2, -0.15) is 0 Å². The van der Waals surface area contributed by atoms with Crippen molar-refractivity contribution in [3.8, 4) is 0 Å². The van der Waals surface area contributed by atoms with Crippen LogP contribution in [-0.2, 0) is 11.3 Å². The number of nitrogens with zero attached hydrogens (tertiary/aromatic N) is 1. The van der Waals surface area contributed by atoms with Crippen LogP contribution in [0.4, 0.5) is 13.6 Å². The van der Waals surface area contributed by atoms with E-state index in [4.69, 9.17) is 5.11 Å². The SMILES string of the molecule is O=C(O)CCNC(=O)N(Cc1ccc(F)cc1F)C1CCCC1. The Hall–Kier alpha value is -2.18. The third-order valence-electron chi connectivity index (χ3n) is 4.00. The van der Waals surface area contributed by atoms with Crippen molar-refractivity contribution in [1.29, 1.82) is 0 Å². The predicted octanol–water partition coefficient (Wildman–Crippen LogP) is 2.89. The smallest absolute Gasteiger partial charge is 0.317 e. The normalized spacial score (nSPS) is 14.7. The van der Waals surface area contributed by atoms with E-state index in [0.717, 1.165) is 37.8 Å². The second-order valence-corrected chi connectivity index (χ2v) is 5.68. The van der Waals surface area contributed by atoms with Crippen molar-refractivity contribution < 1.29 is 23.5 Å². The first kappa shape index (κ1) is 17.2. The maximum atomic E-state index is 13.8. The van der Waals surface area contributed by atoms with E-state index in [1.165, 1.54) is 11.0 Å². The molecule has 126 valence electrons. The van der Waals surface area contributed by atoms with Crippen LogP contribution in [-0.4, -0.2) is 34.6 Å². The molecule has 1 fully saturated rings. The maximum absolute atomic E-state index is 13.8. The van der Waals surface area contributed by atoms with E-state index < -0.39 is 23.6 Å². The number of nitrogens with one attached hydrogen (secondary N) is 1. The maximum Gasteiger partial charge on any atom is 0.317 e. The molecule has 7 heteroatoms. The van der Waals surface area contributed by atoms with E-state index in [1.54, 1.807) is 0 Å². The molecule has 5 nitrogen and oxygen atoms in total. The van der Waals surface area contributed by atoms with Gasteiger partial charge in [-0.3, -0.25) is 4.79 Å². The van der Waals surface area contributed by atoms with Gasteiger partial charge < -0.3 is 15.3 Å². The summed E-state index contributed by atoms with van der Waals surface area (Å²) in [4.78, 5) is 24.4. The number of carbonyl (C=O) groups is 2. The Morgan fingerprint density at radius 1 is 1.26 bits per heavy atom. The van der Waals surface area contributed by atoms with Gasteiger partial charge in [0.25, 0.3) is 0 Å². The van der Waals surface area contributed by atoms with Crippen LogP contribution < -0.4 is 5.32 Å². The Morgan fingerprint density at radius 3 is 2.57 bits per heavy atom. The van der Waals surface area contributed by atoms with Gasteiger partial charge in [0, 0.05) is 24.2 Å². The van der Waals surface area contributed by atoms with E-state index in [1.807, 2.05) is 0 Å². The van der Waals surface area contributed by atoms with Crippen LogP contribution in [0.3, 0.4) is 0 Å². The first-order chi connectivity index (χ1) is 11.0. The zero-order valence-corrected chi connectivity index (χ0v) is 12.7. The molecule has 0 radical (unpaired) electrons. The lowest BCUT2D eigenvalue weighted by Gasteiger charge is -2.29. The molecule has 2 amide bonds. The first-order valence-corrected chi connectivity index (χ1v) is 7.67. The summed E-state index contributed by atoms with van der Waals surface area (Å²) in [5, 5.41) is 11.2. The zero-order valence-electron chi connectivity index (χ0n) is 12.7. The van der Waals surface area contributed by atoms with Crippen LogP contribution in [0.1, 0.15) is 37.7 Å². The largest absolute Gasteiger partial charge is 0.481 e. The number of rotatable bonds is 6. The molecule has 23 heavy (non-hydrogen) atoms. The fourth-order valence-corrected chi connectivity index (χ4v) is 2.79. The fraction of sp³-hybridized carbons (Fsp3) is 0.500. The molecule has 0 atom stereocenters. The Labute approximate surface area is 133 Å². The predicted molar refractivity (Wildman–Crippen MR) is 79.8 cm³/mol. The summed E-state index contributed by atoms with van der Waals surface area (Å²) >= 11 is 0. The molecule has 0 aliphatic heterocycles. The topological polar surface area (TPSA) is 69.6 Å². The highest BCUT2D eigenvalue weighted by Crippen LogP contribution is 2.25. The van der Waals surface area contributed by atoms with Gasteiger partial charge in [0.1, 0.15) is 11.6 Å². The number of hydrogen-bond donors (Lipinski definition) is 2. The van der Waals surface area contributed by atoms with Crippen molar-refractivity contribution in [1.82, 2.24) is 10.2 Å². The number of halogens is 2. The molecule has 2 N–H and O–H groups in total. The first-order valence-electron chi connectivity index (χ1n) is 7.67. The minimum Gasteiger partial charge on any atom is -0.481 e. The van der Waals surface area contributed by atoms with Crippen molar-refractivity contribution in [2.75, 3.05) is 6.54 Å². The third-order valence-corrected chi connectivity index (χ3v) is 4.00. The standard InChI is InChI=1S/C16H20F2N2O3/c17-12-6-5-11(14(18)9-12)10-20(13-3-1-2-4-13)16(23)19-8-7-15(21)22/h5-6,9,13H,1-4,7-8,10H2,(H,19,23)(H,21,22). The third kappa shape index (κ3) is 4.91. The van der Waals surface area contributed by atoms with Crippen LogP contribution in [0, 0.1) is 11.6 Å². The number of amides is 2. The summed E-state index contributed by atoms with van der Waals surface area (Å²) in [7, 11) is 0. The molecule has 1 aliphatic carbocycles. The average molecular weight is 326 g/mol. The number of aliphatic carboxylic acids is 1. The molecule has 0 aromatic heterocycles. The van der Waals surface area contributed by atoms with Crippen molar-refractivity contribution in [3.05, 3.63) is 35.4 Å². The summed E-state index contributed by atoms with van der Waals surface area (Å²) in [5.41, 5.74) is 0.242. The molecular formula is C16H20F2N2O3. The molecule has 0 saturated heterocycles. The molecule has 1 aromatic rings. The van der Waals surface area contributed by atoms with Gasteiger partial charge in [-0.05, 0) is 18.9 Å². The van der Waals surface area contributed by atoms with Crippen LogP contribution in [0.25, 0.3) is 0 Å². The number of hydrogen-bond acceptors (Lipinski definition) is 2. The molecule has 0 spiro atoms. The highest BCUT2D eigenvalue weighted by Gasteiger charge is 2.27. The Morgan fingerprint density at radius 2 is 1.96 bits per heavy atom. The lowest BCUT2D eigenvalue weighted by Crippen LogP contribution is -2.45. The van der Waals surface area contributed by atoms with Gasteiger partial charge in [0.2, 0.25) is 0 Å². The summed E-state index contributed by atoms with van der Waals surface area (Å²) in [6, 6.07) is 2.86. The van der Waals surface area contributed by atoms with Gasteiger partial charge in [-0.25, -0.2) is 13.6 Å². The van der Waals surface area contributed by atoms with Gasteiger partial charge in [-0.1, -0.05) is 18.9 Å². The van der Waals surface area contributed by atoms with Gasteiger partial charge in [0.05, 0.1) is 13.0 Å². The van der Waals surface area contributed by atoms with E-state index in [9.17, 15) is 18.4 Å². The highest BCUT2D eigenvalue weighted by molar-refractivity contribution is 5.75. The lowest BCUT2D eigenvalue weighted by atomic mass is 10.1. The summed E-state index contributed by atoms with van der Waals surface area (Å²) in [6.45, 7) is 0.0545. The zero-order chi connectivity index (χ0) is 16.8. The van der Waals surface area contributed by atoms with Crippen LogP contribution in [0.5, 0.6) is 0 Å². The number of benzene rings is 1. The number of carboxylic acids is 1. The monoisotopic (exact) mass is 326 g/mol. The molecule has 1 saturated carbocycles. The van der Waals surface area contributed by atoms with E-state index >= 15 is 0 Å². The summed E-state index contributed by atoms with van der Waals surface area (Å²) in [6.07, 6.45) is 3.48. The average Bonchev–Trinajstić information content (AvgIpc) is 2.99. The second kappa shape index (κ2) is 7.89. The van der Waals surface area contributed by atoms with E-state index in [2.05, 4.69) is 5.32 Å². The van der Waals surface area contributed by atoms with Crippen molar-refractivity contribution in [2.24, 2.45) is 0 Å². The van der Waals surface area contributed by atoms with Crippen LogP contribution >= 0.6 is 0 Å². The van der Waals surface area contributed by atoms with Crippen LogP contribution in [0.15, 0.2) is 18.2 Å². The molecule has 0 bridgehead atoms. The minimum atomic E-state index is -0.998. The molecule has 1 aliphatic rings. The number of carbonyl (C=O) groups excluding carboxylic acids is 1. The number of urea groups is 1. The Bertz CT molecular complexity index is 574. The van der Waals surface area contributed by atoms with Crippen LogP contribution in [0.2, 0.25) is 0 Å². The molecule has 0 heterocycles. The lowest BCUT2D eigenvalue weighted by molar-refractivity contribution is -0.136.